The van der Waals surface area contributed by atoms with E-state index >= 15 is 0 Å². The molecular weight excluding hydrogens is 448 g/mol. The molecule has 6 nitrogen and oxygen atoms in total. The maximum absolute atomic E-state index is 8.68. The predicted molar refractivity (Wildman–Crippen MR) is 121 cm³/mol. The van der Waals surface area contributed by atoms with Gasteiger partial charge in [-0.1, -0.05) is 12.8 Å². The van der Waals surface area contributed by atoms with Crippen molar-refractivity contribution >= 4 is 56.1 Å². The van der Waals surface area contributed by atoms with Crippen molar-refractivity contribution in [1.82, 2.24) is 10.6 Å². The Hall–Kier alpha value is 0.474. The molecule has 2 N–H and O–H groups in total. The van der Waals surface area contributed by atoms with E-state index in [0.717, 1.165) is 39.3 Å². The molecule has 0 spiro atoms. The molecule has 1 rings (SSSR count). The van der Waals surface area contributed by atoms with Gasteiger partial charge in [-0.05, 0) is 32.6 Å². The summed E-state index contributed by atoms with van der Waals surface area (Å²) in [6, 6.07) is 0. The first-order valence-electron chi connectivity index (χ1n) is 7.16. The van der Waals surface area contributed by atoms with E-state index in [1.54, 1.807) is 0 Å². The monoisotopic (exact) mass is 485 g/mol. The van der Waals surface area contributed by atoms with Crippen molar-refractivity contribution in [3.8, 4) is 0 Å². The Balaban J connectivity index is -0.0000000270. The van der Waals surface area contributed by atoms with Crippen LogP contribution in [0.15, 0.2) is 0 Å². The smallest absolute Gasteiger partial charge is 0 e. The van der Waals surface area contributed by atoms with Gasteiger partial charge in [0.15, 0.2) is 0 Å². The Kier molecular flexibility index (Phi) is 150. The number of hydrogen-bond donors (Lipinski definition) is 2. The van der Waals surface area contributed by atoms with Gasteiger partial charge in [0, 0.05) is 21.7 Å². The van der Waals surface area contributed by atoms with Crippen molar-refractivity contribution < 1.29 is 36.1 Å². The molecule has 27 heavy (non-hydrogen) atoms. The van der Waals surface area contributed by atoms with Crippen molar-refractivity contribution in [2.75, 3.05) is 39.3 Å². The third-order valence-electron chi connectivity index (χ3n) is 2.05. The summed E-state index contributed by atoms with van der Waals surface area (Å²) in [7, 11) is 0. The van der Waals surface area contributed by atoms with Crippen LogP contribution in [0.4, 0.5) is 0 Å². The Morgan fingerprint density at radius 3 is 1.11 bits per heavy atom. The summed E-state index contributed by atoms with van der Waals surface area (Å²) in [5, 5.41) is 11.2. The number of halogens is 3. The van der Waals surface area contributed by atoms with Crippen LogP contribution in [0.2, 0.25) is 0 Å². The SMILES string of the molecule is C1C[N-]CCCNCCCNC1.C[C-]=O.C[C-]=O.C[C-]=O.Cl.Cl.Cl.[CH3-].[CH3-].[Ti]. The second-order valence-electron chi connectivity index (χ2n) is 3.84. The van der Waals surface area contributed by atoms with Crippen LogP contribution in [-0.2, 0) is 36.1 Å². The molecule has 1 fully saturated rings. The van der Waals surface area contributed by atoms with Crippen LogP contribution < -0.4 is 10.6 Å². The standard InChI is InChI=1S/C9H20N3.3C2H3O.2CH3.3ClH.Ti/c1-4-10-6-2-8-12-9-3-7-11-5-1;3*1-2-3;;;;;;/h10-11H,1-9H2;3*1H3;2*1H3;3*1H;/q6*-1;;;;. The summed E-state index contributed by atoms with van der Waals surface area (Å²) in [5.74, 6) is 0. The molecule has 0 aromatic carbocycles. The molecule has 0 radical (unpaired) electrons. The van der Waals surface area contributed by atoms with E-state index in [1.165, 1.54) is 58.9 Å². The normalized spacial score (nSPS) is 12.1. The number of nitrogens with zero attached hydrogens (tertiary/aromatic N) is 1. The Morgan fingerprint density at radius 1 is 0.630 bits per heavy atom. The number of carbonyl (C=O) groups excluding carboxylic acids is 3. The van der Waals surface area contributed by atoms with Gasteiger partial charge >= 0.3 is 0 Å². The molecular formula is C17H38Cl3N3O3Ti-6. The maximum Gasteiger partial charge on any atom is 0 e. The van der Waals surface area contributed by atoms with Gasteiger partial charge in [0.2, 0.25) is 0 Å². The average Bonchev–Trinajstić information content (AvgIpc) is 2.42. The molecule has 0 aromatic heterocycles. The van der Waals surface area contributed by atoms with Crippen LogP contribution in [0.1, 0.15) is 40.0 Å². The van der Waals surface area contributed by atoms with Crippen molar-refractivity contribution in [3.05, 3.63) is 20.2 Å². The van der Waals surface area contributed by atoms with Crippen LogP contribution in [0.25, 0.3) is 5.32 Å². The molecule has 0 unspecified atom stereocenters. The van der Waals surface area contributed by atoms with Gasteiger partial charge < -0.3 is 45.2 Å². The van der Waals surface area contributed by atoms with Crippen LogP contribution in [0, 0.1) is 14.9 Å². The van der Waals surface area contributed by atoms with Gasteiger partial charge in [0.1, 0.15) is 0 Å². The fraction of sp³-hybridized carbons (Fsp3) is 0.706. The van der Waals surface area contributed by atoms with E-state index in [1.807, 2.05) is 0 Å². The molecule has 0 aliphatic carbocycles. The molecule has 1 saturated heterocycles. The zero-order valence-electron chi connectivity index (χ0n) is 17.3. The first-order valence-corrected chi connectivity index (χ1v) is 7.16. The van der Waals surface area contributed by atoms with Crippen molar-refractivity contribution in [1.29, 1.82) is 0 Å². The molecule has 1 heterocycles. The predicted octanol–water partition coefficient (Wildman–Crippen LogP) is 3.23. The number of hydrogen-bond acceptors (Lipinski definition) is 5. The van der Waals surface area contributed by atoms with Gasteiger partial charge in [-0.2, -0.15) is 20.8 Å². The summed E-state index contributed by atoms with van der Waals surface area (Å²) < 4.78 is 0. The Bertz CT molecular complexity index is 166. The molecule has 1 aliphatic rings. The minimum absolute atomic E-state index is 0. The number of rotatable bonds is 0. The van der Waals surface area contributed by atoms with Crippen molar-refractivity contribution in [3.63, 3.8) is 0 Å². The van der Waals surface area contributed by atoms with Gasteiger partial charge in [0.05, 0.1) is 0 Å². The van der Waals surface area contributed by atoms with E-state index in [0.29, 0.717) is 0 Å². The summed E-state index contributed by atoms with van der Waals surface area (Å²) in [6.45, 7) is 10.6. The molecule has 0 atom stereocenters. The fourth-order valence-corrected chi connectivity index (χ4v) is 1.33. The van der Waals surface area contributed by atoms with E-state index < -0.39 is 0 Å². The van der Waals surface area contributed by atoms with E-state index in [-0.39, 0.29) is 73.8 Å². The molecule has 0 saturated carbocycles. The zero-order valence-corrected chi connectivity index (χ0v) is 21.3. The molecule has 0 amide bonds. The van der Waals surface area contributed by atoms with Crippen LogP contribution >= 0.6 is 37.2 Å². The molecule has 10 heteroatoms. The summed E-state index contributed by atoms with van der Waals surface area (Å²) in [5.41, 5.74) is 0. The Labute approximate surface area is 201 Å². The first-order chi connectivity index (χ1) is 10.2. The Morgan fingerprint density at radius 2 is 0.852 bits per heavy atom. The molecule has 1 aliphatic heterocycles. The number of nitrogens with one attached hydrogen (secondary N) is 2. The summed E-state index contributed by atoms with van der Waals surface area (Å²) in [4.78, 5) is 26.0. The minimum atomic E-state index is 0. The molecule has 0 bridgehead atoms. The van der Waals surface area contributed by atoms with E-state index in [9.17, 15) is 0 Å². The van der Waals surface area contributed by atoms with Crippen LogP contribution in [-0.4, -0.2) is 58.1 Å². The van der Waals surface area contributed by atoms with E-state index in [2.05, 4.69) is 16.0 Å². The second-order valence-corrected chi connectivity index (χ2v) is 3.84. The van der Waals surface area contributed by atoms with Crippen molar-refractivity contribution in [2.24, 2.45) is 0 Å². The first kappa shape index (κ1) is 56.4. The quantitative estimate of drug-likeness (QED) is 0.405. The van der Waals surface area contributed by atoms with Crippen LogP contribution in [0.3, 0.4) is 0 Å². The average molecular weight is 487 g/mol. The molecule has 170 valence electrons. The summed E-state index contributed by atoms with van der Waals surface area (Å²) in [6.07, 6.45) is 8.15. The van der Waals surface area contributed by atoms with Gasteiger partial charge in [-0.25, -0.2) is 0 Å². The largest absolute Gasteiger partial charge is 0.662 e. The second kappa shape index (κ2) is 71.7. The zero-order chi connectivity index (χ0) is 16.6. The third-order valence-corrected chi connectivity index (χ3v) is 2.05. The van der Waals surface area contributed by atoms with Gasteiger partial charge in [0.25, 0.3) is 0 Å². The van der Waals surface area contributed by atoms with Gasteiger partial charge in [-0.3, -0.25) is 18.9 Å². The minimum Gasteiger partial charge on any atom is -0.662 e. The van der Waals surface area contributed by atoms with Crippen LogP contribution in [0.5, 0.6) is 0 Å². The fourth-order valence-electron chi connectivity index (χ4n) is 1.33. The topological polar surface area (TPSA) is 89.4 Å². The van der Waals surface area contributed by atoms with E-state index in [4.69, 9.17) is 14.4 Å². The summed E-state index contributed by atoms with van der Waals surface area (Å²) >= 11 is 0. The third kappa shape index (κ3) is 102. The molecule has 0 aromatic rings. The van der Waals surface area contributed by atoms with Crippen molar-refractivity contribution in [2.45, 2.75) is 40.0 Å². The van der Waals surface area contributed by atoms with Gasteiger partial charge in [-0.15, -0.1) is 50.3 Å². The maximum atomic E-state index is 8.68.